The molecule has 1 saturated heterocycles. The first-order valence-electron chi connectivity index (χ1n) is 6.34. The van der Waals surface area contributed by atoms with E-state index < -0.39 is 0 Å². The van der Waals surface area contributed by atoms with Crippen LogP contribution in [0.2, 0.25) is 0 Å². The fourth-order valence-corrected chi connectivity index (χ4v) is 3.84. The lowest BCUT2D eigenvalue weighted by Crippen LogP contribution is -2.51. The highest BCUT2D eigenvalue weighted by atomic mass is 32.2. The Morgan fingerprint density at radius 3 is 2.40 bits per heavy atom. The average molecular weight is 228 g/mol. The smallest absolute Gasteiger partial charge is 0.0548 e. The van der Waals surface area contributed by atoms with Crippen molar-refractivity contribution in [3.8, 4) is 0 Å². The second-order valence-electron chi connectivity index (χ2n) is 5.08. The Bertz CT molecular complexity index is 190. The van der Waals surface area contributed by atoms with Crippen molar-refractivity contribution in [2.24, 2.45) is 11.7 Å². The summed E-state index contributed by atoms with van der Waals surface area (Å²) in [5, 5.41) is 4.52. The third kappa shape index (κ3) is 3.11. The van der Waals surface area contributed by atoms with Crippen LogP contribution in [0.3, 0.4) is 0 Å². The monoisotopic (exact) mass is 228 g/mol. The van der Waals surface area contributed by atoms with Gasteiger partial charge in [0.05, 0.1) is 6.17 Å². The first-order chi connectivity index (χ1) is 7.29. The summed E-state index contributed by atoms with van der Waals surface area (Å²) in [6.07, 6.45) is 12.0. The Labute approximate surface area is 97.8 Å². The van der Waals surface area contributed by atoms with Crippen LogP contribution in [0.5, 0.6) is 0 Å². The molecule has 0 aromatic rings. The third-order valence-corrected chi connectivity index (χ3v) is 5.22. The lowest BCUT2D eigenvalue weighted by molar-refractivity contribution is 0.208. The van der Waals surface area contributed by atoms with Crippen LogP contribution in [0.15, 0.2) is 0 Å². The van der Waals surface area contributed by atoms with Gasteiger partial charge in [0.2, 0.25) is 0 Å². The number of thioether (sulfide) groups is 1. The maximum Gasteiger partial charge on any atom is 0.0548 e. The van der Waals surface area contributed by atoms with E-state index >= 15 is 0 Å². The summed E-state index contributed by atoms with van der Waals surface area (Å²) in [5.74, 6) is 0.903. The summed E-state index contributed by atoms with van der Waals surface area (Å²) >= 11 is 2.05. The number of piperidine rings is 1. The molecule has 2 aliphatic rings. The first kappa shape index (κ1) is 11.7. The Morgan fingerprint density at radius 2 is 1.80 bits per heavy atom. The molecule has 2 fully saturated rings. The van der Waals surface area contributed by atoms with Crippen molar-refractivity contribution in [1.29, 1.82) is 0 Å². The molecule has 0 aromatic carbocycles. The molecule has 1 aliphatic heterocycles. The summed E-state index contributed by atoms with van der Waals surface area (Å²) in [4.78, 5) is 0. The highest BCUT2D eigenvalue weighted by Crippen LogP contribution is 2.34. The van der Waals surface area contributed by atoms with Crippen LogP contribution in [0, 0.1) is 5.92 Å². The van der Waals surface area contributed by atoms with Gasteiger partial charge in [0.1, 0.15) is 0 Å². The summed E-state index contributed by atoms with van der Waals surface area (Å²) in [7, 11) is 0. The minimum Gasteiger partial charge on any atom is -0.316 e. The Balaban J connectivity index is 1.79. The van der Waals surface area contributed by atoms with Gasteiger partial charge in [0.15, 0.2) is 0 Å². The van der Waals surface area contributed by atoms with Crippen LogP contribution in [-0.2, 0) is 0 Å². The average Bonchev–Trinajstić information content (AvgIpc) is 2.29. The molecule has 1 heterocycles. The van der Waals surface area contributed by atoms with Gasteiger partial charge in [-0.1, -0.05) is 0 Å². The van der Waals surface area contributed by atoms with Crippen molar-refractivity contribution in [3.05, 3.63) is 0 Å². The number of nitrogens with one attached hydrogen (secondary N) is 1. The van der Waals surface area contributed by atoms with Crippen LogP contribution >= 0.6 is 11.8 Å². The van der Waals surface area contributed by atoms with Gasteiger partial charge in [-0.15, -0.1) is 0 Å². The van der Waals surface area contributed by atoms with E-state index in [1.807, 2.05) is 11.8 Å². The highest BCUT2D eigenvalue weighted by molar-refractivity contribution is 7.99. The van der Waals surface area contributed by atoms with Crippen LogP contribution < -0.4 is 11.1 Å². The van der Waals surface area contributed by atoms with E-state index in [0.717, 1.165) is 23.6 Å². The van der Waals surface area contributed by atoms with Crippen molar-refractivity contribution in [1.82, 2.24) is 5.32 Å². The topological polar surface area (TPSA) is 38.0 Å². The van der Waals surface area contributed by atoms with E-state index in [1.54, 1.807) is 0 Å². The lowest BCUT2D eigenvalue weighted by Gasteiger charge is -2.38. The van der Waals surface area contributed by atoms with Gasteiger partial charge in [-0.3, -0.25) is 5.32 Å². The molecule has 2 nitrogen and oxygen atoms in total. The van der Waals surface area contributed by atoms with Crippen LogP contribution in [0.25, 0.3) is 0 Å². The molecule has 1 saturated carbocycles. The van der Waals surface area contributed by atoms with Gasteiger partial charge in [-0.25, -0.2) is 0 Å². The largest absolute Gasteiger partial charge is 0.316 e. The van der Waals surface area contributed by atoms with Crippen molar-refractivity contribution < 1.29 is 0 Å². The zero-order chi connectivity index (χ0) is 10.7. The van der Waals surface area contributed by atoms with Gasteiger partial charge in [0, 0.05) is 11.3 Å². The minimum absolute atomic E-state index is 0.266. The van der Waals surface area contributed by atoms with Crippen molar-refractivity contribution in [3.63, 3.8) is 0 Å². The summed E-state index contributed by atoms with van der Waals surface area (Å²) in [6.45, 7) is 0. The number of hydrogen-bond acceptors (Lipinski definition) is 3. The number of nitrogens with two attached hydrogens (primary N) is 1. The normalized spacial score (nSPS) is 42.8. The summed E-state index contributed by atoms with van der Waals surface area (Å²) in [5.41, 5.74) is 5.97. The van der Waals surface area contributed by atoms with Crippen molar-refractivity contribution in [2.75, 3.05) is 6.26 Å². The Hall–Kier alpha value is 0.270. The predicted molar refractivity (Wildman–Crippen MR) is 68.0 cm³/mol. The molecule has 3 heteroatoms. The molecule has 0 radical (unpaired) electrons. The molecule has 0 spiro atoms. The first-order valence-corrected chi connectivity index (χ1v) is 7.63. The third-order valence-electron chi connectivity index (χ3n) is 4.08. The molecule has 3 N–H and O–H groups in total. The molecule has 15 heavy (non-hydrogen) atoms. The molecule has 0 bridgehead atoms. The zero-order valence-corrected chi connectivity index (χ0v) is 10.6. The van der Waals surface area contributed by atoms with E-state index in [4.69, 9.17) is 5.73 Å². The highest BCUT2D eigenvalue weighted by Gasteiger charge is 2.29. The Kier molecular flexibility index (Phi) is 4.35. The molecular formula is C12H24N2S. The quantitative estimate of drug-likeness (QED) is 0.762. The minimum atomic E-state index is 0.266. The molecule has 1 aliphatic carbocycles. The maximum absolute atomic E-state index is 5.97. The fourth-order valence-electron chi connectivity index (χ4n) is 3.10. The SMILES string of the molecule is CSC1CCC(C2CCCC(N)N2)CC1. The summed E-state index contributed by atoms with van der Waals surface area (Å²) < 4.78 is 0. The van der Waals surface area contributed by atoms with Crippen molar-refractivity contribution in [2.45, 2.75) is 62.4 Å². The maximum atomic E-state index is 5.97. The number of rotatable bonds is 2. The van der Waals surface area contributed by atoms with Crippen LogP contribution in [0.4, 0.5) is 0 Å². The second-order valence-corrected chi connectivity index (χ2v) is 6.22. The van der Waals surface area contributed by atoms with E-state index in [-0.39, 0.29) is 6.17 Å². The van der Waals surface area contributed by atoms with Gasteiger partial charge in [0.25, 0.3) is 0 Å². The standard InChI is InChI=1S/C12H24N2S/c1-15-10-7-5-9(6-8-10)11-3-2-4-12(13)14-11/h9-12,14H,2-8,13H2,1H3. The van der Waals surface area contributed by atoms with E-state index in [9.17, 15) is 0 Å². The van der Waals surface area contributed by atoms with Gasteiger partial charge >= 0.3 is 0 Å². The van der Waals surface area contributed by atoms with Crippen molar-refractivity contribution >= 4 is 11.8 Å². The zero-order valence-electron chi connectivity index (χ0n) is 9.74. The lowest BCUT2D eigenvalue weighted by atomic mass is 9.80. The van der Waals surface area contributed by atoms with E-state index in [0.29, 0.717) is 0 Å². The van der Waals surface area contributed by atoms with Crippen LogP contribution in [-0.4, -0.2) is 23.7 Å². The Morgan fingerprint density at radius 1 is 1.07 bits per heavy atom. The van der Waals surface area contributed by atoms with Gasteiger partial charge < -0.3 is 5.73 Å². The van der Waals surface area contributed by atoms with Gasteiger partial charge in [-0.05, 0) is 57.1 Å². The fraction of sp³-hybridized carbons (Fsp3) is 1.00. The van der Waals surface area contributed by atoms with E-state index in [2.05, 4.69) is 11.6 Å². The van der Waals surface area contributed by atoms with Crippen LogP contribution in [0.1, 0.15) is 44.9 Å². The molecular weight excluding hydrogens is 204 g/mol. The predicted octanol–water partition coefficient (Wildman–Crippen LogP) is 2.34. The molecule has 2 atom stereocenters. The second kappa shape index (κ2) is 5.55. The van der Waals surface area contributed by atoms with E-state index in [1.165, 1.54) is 38.5 Å². The molecule has 2 rings (SSSR count). The number of hydrogen-bond donors (Lipinski definition) is 2. The molecule has 0 amide bonds. The summed E-state index contributed by atoms with van der Waals surface area (Å²) in [6, 6.07) is 0.719. The molecule has 88 valence electrons. The molecule has 2 unspecified atom stereocenters. The molecule has 0 aromatic heterocycles. The van der Waals surface area contributed by atoms with Gasteiger partial charge in [-0.2, -0.15) is 11.8 Å².